The van der Waals surface area contributed by atoms with E-state index < -0.39 is 0 Å². The topological polar surface area (TPSA) is 51.2 Å². The molecule has 2 aromatic carbocycles. The summed E-state index contributed by atoms with van der Waals surface area (Å²) in [6.07, 6.45) is 3.53. The Kier molecular flexibility index (Phi) is 5.64. The van der Waals surface area contributed by atoms with Crippen LogP contribution in [0.1, 0.15) is 32.6 Å². The lowest BCUT2D eigenvalue weighted by atomic mass is 10.0. The average Bonchev–Trinajstić information content (AvgIpc) is 2.68. The molecule has 0 unspecified atom stereocenters. The molecule has 4 nitrogen and oxygen atoms in total. The van der Waals surface area contributed by atoms with Crippen molar-refractivity contribution in [2.45, 2.75) is 27.0 Å². The molecular formula is C22H22N2O2. The molecule has 0 aliphatic heterocycles. The van der Waals surface area contributed by atoms with E-state index in [2.05, 4.69) is 10.3 Å². The van der Waals surface area contributed by atoms with Gasteiger partial charge in [-0.2, -0.15) is 0 Å². The summed E-state index contributed by atoms with van der Waals surface area (Å²) in [4.78, 5) is 16.4. The highest BCUT2D eigenvalue weighted by Crippen LogP contribution is 2.15. The van der Waals surface area contributed by atoms with Gasteiger partial charge < -0.3 is 10.1 Å². The van der Waals surface area contributed by atoms with Gasteiger partial charge in [-0.3, -0.25) is 9.78 Å². The van der Waals surface area contributed by atoms with Gasteiger partial charge in [0.2, 0.25) is 0 Å². The predicted molar refractivity (Wildman–Crippen MR) is 102 cm³/mol. The zero-order valence-corrected chi connectivity index (χ0v) is 15.0. The zero-order chi connectivity index (χ0) is 18.4. The lowest BCUT2D eigenvalue weighted by Crippen LogP contribution is -2.23. The van der Waals surface area contributed by atoms with Crippen molar-refractivity contribution in [3.8, 4) is 5.75 Å². The molecule has 0 saturated heterocycles. The molecule has 0 aliphatic carbocycles. The van der Waals surface area contributed by atoms with Crippen molar-refractivity contribution in [3.63, 3.8) is 0 Å². The van der Waals surface area contributed by atoms with Gasteiger partial charge in [-0.25, -0.2) is 0 Å². The molecule has 1 aromatic heterocycles. The third-order valence-electron chi connectivity index (χ3n) is 4.35. The summed E-state index contributed by atoms with van der Waals surface area (Å²) in [5.74, 6) is 0.738. The number of rotatable bonds is 6. The van der Waals surface area contributed by atoms with Crippen LogP contribution in [0.5, 0.6) is 5.75 Å². The fraction of sp³-hybridized carbons (Fsp3) is 0.182. The van der Waals surface area contributed by atoms with Crippen molar-refractivity contribution in [1.29, 1.82) is 0 Å². The Hall–Kier alpha value is -3.14. The smallest absolute Gasteiger partial charge is 0.251 e. The van der Waals surface area contributed by atoms with E-state index in [-0.39, 0.29) is 5.91 Å². The maximum absolute atomic E-state index is 12.4. The third-order valence-corrected chi connectivity index (χ3v) is 4.35. The number of pyridine rings is 1. The second-order valence-electron chi connectivity index (χ2n) is 6.22. The highest BCUT2D eigenvalue weighted by molar-refractivity contribution is 5.95. The summed E-state index contributed by atoms with van der Waals surface area (Å²) in [6.45, 7) is 4.95. The molecule has 1 amide bonds. The molecule has 26 heavy (non-hydrogen) atoms. The lowest BCUT2D eigenvalue weighted by molar-refractivity contribution is 0.0950. The van der Waals surface area contributed by atoms with Crippen LogP contribution in [0.4, 0.5) is 0 Å². The van der Waals surface area contributed by atoms with Crippen LogP contribution in [0.3, 0.4) is 0 Å². The summed E-state index contributed by atoms with van der Waals surface area (Å²) in [5, 5.41) is 2.97. The number of aromatic nitrogens is 1. The van der Waals surface area contributed by atoms with Crippen molar-refractivity contribution < 1.29 is 9.53 Å². The summed E-state index contributed by atoms with van der Waals surface area (Å²) in [6, 6.07) is 17.4. The normalized spacial score (nSPS) is 10.4. The first-order chi connectivity index (χ1) is 12.6. The highest BCUT2D eigenvalue weighted by Gasteiger charge is 2.09. The molecule has 3 aromatic rings. The van der Waals surface area contributed by atoms with Gasteiger partial charge in [0.15, 0.2) is 0 Å². The number of carbonyl (C=O) groups excluding carboxylic acids is 1. The standard InChI is InChI=1S/C22H22N2O2/c1-16-5-3-7-21(17(16)2)22(25)24-14-18-8-10-20(11-9-18)26-15-19-6-4-12-23-13-19/h3-13H,14-15H2,1-2H3,(H,24,25). The SMILES string of the molecule is Cc1cccc(C(=O)NCc2ccc(OCc3cccnc3)cc2)c1C. The largest absolute Gasteiger partial charge is 0.489 e. The van der Waals surface area contributed by atoms with Crippen molar-refractivity contribution in [2.24, 2.45) is 0 Å². The lowest BCUT2D eigenvalue weighted by Gasteiger charge is -2.10. The Labute approximate surface area is 153 Å². The molecule has 3 rings (SSSR count). The van der Waals surface area contributed by atoms with Gasteiger partial charge in [-0.15, -0.1) is 0 Å². The molecular weight excluding hydrogens is 324 g/mol. The number of hydrogen-bond donors (Lipinski definition) is 1. The Morgan fingerprint density at radius 1 is 1.00 bits per heavy atom. The van der Waals surface area contributed by atoms with E-state index >= 15 is 0 Å². The number of hydrogen-bond acceptors (Lipinski definition) is 3. The first kappa shape index (κ1) is 17.7. The van der Waals surface area contributed by atoms with Crippen molar-refractivity contribution in [3.05, 3.63) is 94.8 Å². The van der Waals surface area contributed by atoms with Crippen LogP contribution in [-0.2, 0) is 13.2 Å². The van der Waals surface area contributed by atoms with E-state index in [0.29, 0.717) is 13.2 Å². The van der Waals surface area contributed by atoms with E-state index in [0.717, 1.165) is 33.6 Å². The van der Waals surface area contributed by atoms with E-state index in [1.165, 1.54) is 0 Å². The molecule has 132 valence electrons. The Bertz CT molecular complexity index is 874. The number of nitrogens with one attached hydrogen (secondary N) is 1. The zero-order valence-electron chi connectivity index (χ0n) is 15.0. The summed E-state index contributed by atoms with van der Waals surface area (Å²) >= 11 is 0. The fourth-order valence-corrected chi connectivity index (χ4v) is 2.63. The van der Waals surface area contributed by atoms with Gasteiger partial charge in [0.25, 0.3) is 5.91 Å². The molecule has 0 radical (unpaired) electrons. The third kappa shape index (κ3) is 4.48. The highest BCUT2D eigenvalue weighted by atomic mass is 16.5. The van der Waals surface area contributed by atoms with Crippen molar-refractivity contribution >= 4 is 5.91 Å². The van der Waals surface area contributed by atoms with Gasteiger partial charge in [0.1, 0.15) is 12.4 Å². The maximum Gasteiger partial charge on any atom is 0.251 e. The molecule has 4 heteroatoms. The van der Waals surface area contributed by atoms with Crippen LogP contribution in [-0.4, -0.2) is 10.9 Å². The number of nitrogens with zero attached hydrogens (tertiary/aromatic N) is 1. The molecule has 0 fully saturated rings. The summed E-state index contributed by atoms with van der Waals surface area (Å²) in [5.41, 5.74) is 4.91. The van der Waals surface area contributed by atoms with Gasteiger partial charge in [0, 0.05) is 30.1 Å². The second-order valence-corrected chi connectivity index (χ2v) is 6.22. The van der Waals surface area contributed by atoms with Crippen LogP contribution in [0.25, 0.3) is 0 Å². The van der Waals surface area contributed by atoms with Crippen molar-refractivity contribution in [2.75, 3.05) is 0 Å². The predicted octanol–water partition coefficient (Wildman–Crippen LogP) is 4.21. The van der Waals surface area contributed by atoms with Gasteiger partial charge in [-0.05, 0) is 54.8 Å². The van der Waals surface area contributed by atoms with Crippen LogP contribution in [0.15, 0.2) is 67.0 Å². The van der Waals surface area contributed by atoms with Gasteiger partial charge in [-0.1, -0.05) is 30.3 Å². The minimum Gasteiger partial charge on any atom is -0.489 e. The number of carbonyl (C=O) groups is 1. The van der Waals surface area contributed by atoms with E-state index in [1.54, 1.807) is 12.4 Å². The Morgan fingerprint density at radius 2 is 1.81 bits per heavy atom. The van der Waals surface area contributed by atoms with Crippen LogP contribution in [0.2, 0.25) is 0 Å². The van der Waals surface area contributed by atoms with Gasteiger partial charge >= 0.3 is 0 Å². The minimum absolute atomic E-state index is 0.0527. The van der Waals surface area contributed by atoms with Crippen LogP contribution in [0, 0.1) is 13.8 Å². The first-order valence-electron chi connectivity index (χ1n) is 8.58. The number of ether oxygens (including phenoxy) is 1. The molecule has 0 aliphatic rings. The second kappa shape index (κ2) is 8.30. The molecule has 0 saturated carbocycles. The maximum atomic E-state index is 12.4. The number of benzene rings is 2. The summed E-state index contributed by atoms with van der Waals surface area (Å²) < 4.78 is 5.74. The summed E-state index contributed by atoms with van der Waals surface area (Å²) in [7, 11) is 0. The Morgan fingerprint density at radius 3 is 2.54 bits per heavy atom. The molecule has 0 atom stereocenters. The van der Waals surface area contributed by atoms with E-state index in [9.17, 15) is 4.79 Å². The fourth-order valence-electron chi connectivity index (χ4n) is 2.63. The molecule has 0 spiro atoms. The van der Waals surface area contributed by atoms with Crippen LogP contribution >= 0.6 is 0 Å². The molecule has 1 N–H and O–H groups in total. The van der Waals surface area contributed by atoms with E-state index in [4.69, 9.17) is 4.74 Å². The first-order valence-corrected chi connectivity index (χ1v) is 8.58. The molecule has 1 heterocycles. The van der Waals surface area contributed by atoms with Gasteiger partial charge in [0.05, 0.1) is 0 Å². The van der Waals surface area contributed by atoms with Crippen molar-refractivity contribution in [1.82, 2.24) is 10.3 Å². The monoisotopic (exact) mass is 346 g/mol. The quantitative estimate of drug-likeness (QED) is 0.727. The Balaban J connectivity index is 1.54. The number of aryl methyl sites for hydroxylation is 1. The molecule has 0 bridgehead atoms. The minimum atomic E-state index is -0.0527. The van der Waals surface area contributed by atoms with Crippen LogP contribution < -0.4 is 10.1 Å². The number of amides is 1. The van der Waals surface area contributed by atoms with E-state index in [1.807, 2.05) is 68.4 Å². The average molecular weight is 346 g/mol.